The van der Waals surface area contributed by atoms with Crippen molar-refractivity contribution in [2.75, 3.05) is 6.54 Å². The van der Waals surface area contributed by atoms with Crippen LogP contribution in [-0.4, -0.2) is 47.0 Å². The van der Waals surface area contributed by atoms with Crippen molar-refractivity contribution in [1.82, 2.24) is 4.90 Å². The zero-order valence-corrected chi connectivity index (χ0v) is 13.3. The van der Waals surface area contributed by atoms with Gasteiger partial charge in [-0.15, -0.1) is 0 Å². The first-order valence-electron chi connectivity index (χ1n) is 7.20. The largest absolute Gasteiger partial charge is 0.450 e. The fourth-order valence-electron chi connectivity index (χ4n) is 2.97. The highest BCUT2D eigenvalue weighted by Crippen LogP contribution is 2.39. The average molecular weight is 360 g/mol. The molecule has 128 valence electrons. The summed E-state index contributed by atoms with van der Waals surface area (Å²) < 4.78 is 44.5. The lowest BCUT2D eigenvalue weighted by molar-refractivity contribution is -0.203. The second-order valence-electron chi connectivity index (χ2n) is 5.70. The van der Waals surface area contributed by atoms with E-state index in [1.54, 1.807) is 6.92 Å². The van der Waals surface area contributed by atoms with Crippen molar-refractivity contribution in [3.63, 3.8) is 0 Å². The molecule has 0 spiro atoms. The zero-order valence-electron chi connectivity index (χ0n) is 12.5. The number of rotatable bonds is 1. The highest BCUT2D eigenvalue weighted by molar-refractivity contribution is 6.32. The highest BCUT2D eigenvalue weighted by atomic mass is 35.5. The minimum atomic E-state index is -4.61. The molecule has 2 fully saturated rings. The van der Waals surface area contributed by atoms with E-state index < -0.39 is 24.4 Å². The molecule has 1 aromatic rings. The minimum Gasteiger partial charge on any atom is -0.450 e. The number of aliphatic hydroxyl groups excluding tert-OH is 1. The van der Waals surface area contributed by atoms with Crippen LogP contribution in [0.5, 0.6) is 0 Å². The Balaban J connectivity index is 2.00. The van der Waals surface area contributed by atoms with Gasteiger partial charge in [-0.25, -0.2) is 0 Å². The van der Waals surface area contributed by atoms with Crippen molar-refractivity contribution in [2.24, 2.45) is 4.99 Å². The lowest BCUT2D eigenvalue weighted by Gasteiger charge is -2.21. The van der Waals surface area contributed by atoms with Crippen LogP contribution in [0.2, 0.25) is 5.02 Å². The second-order valence-corrected chi connectivity index (χ2v) is 6.08. The van der Waals surface area contributed by atoms with Crippen LogP contribution in [0.1, 0.15) is 17.5 Å². The minimum absolute atomic E-state index is 0.192. The van der Waals surface area contributed by atoms with Gasteiger partial charge in [-0.3, -0.25) is 0 Å². The van der Waals surface area contributed by atoms with Gasteiger partial charge < -0.3 is 14.7 Å². The first kappa shape index (κ1) is 16.9. The van der Waals surface area contributed by atoms with Crippen LogP contribution in [-0.2, 0) is 4.74 Å². The Bertz CT molecular complexity index is 745. The standard InChI is InChI=1S/C15H13ClF3N3O2/c1-7-9(3-2-8(6-20)11(7)16)21-14-22-5-4-10(23)12(22)13(24-14)15(17,18)19/h2-3,10,12-13,23H,4-5H2,1H3/t10-,12-,13?/m0/s1. The van der Waals surface area contributed by atoms with E-state index in [2.05, 4.69) is 4.99 Å². The second kappa shape index (κ2) is 5.83. The maximum Gasteiger partial charge on any atom is 0.427 e. The van der Waals surface area contributed by atoms with Crippen LogP contribution in [0.25, 0.3) is 0 Å². The molecule has 1 aromatic carbocycles. The number of amidine groups is 1. The lowest BCUT2D eigenvalue weighted by Crippen LogP contribution is -2.45. The number of hydrogen-bond donors (Lipinski definition) is 1. The Labute approximate surface area is 140 Å². The number of nitrogens with zero attached hydrogens (tertiary/aromatic N) is 3. The highest BCUT2D eigenvalue weighted by Gasteiger charge is 2.59. The van der Waals surface area contributed by atoms with Gasteiger partial charge in [0.25, 0.3) is 6.02 Å². The van der Waals surface area contributed by atoms with Gasteiger partial charge in [-0.1, -0.05) is 11.6 Å². The molecule has 2 aliphatic rings. The molecule has 9 heteroatoms. The predicted molar refractivity (Wildman–Crippen MR) is 80.0 cm³/mol. The molecule has 1 unspecified atom stereocenters. The van der Waals surface area contributed by atoms with E-state index in [1.165, 1.54) is 17.0 Å². The molecule has 0 saturated carbocycles. The summed E-state index contributed by atoms with van der Waals surface area (Å²) in [7, 11) is 0. The summed E-state index contributed by atoms with van der Waals surface area (Å²) in [6.07, 6.45) is -7.65. The van der Waals surface area contributed by atoms with E-state index >= 15 is 0 Å². The van der Waals surface area contributed by atoms with Gasteiger partial charge in [0.1, 0.15) is 12.1 Å². The van der Waals surface area contributed by atoms with Crippen LogP contribution < -0.4 is 0 Å². The summed E-state index contributed by atoms with van der Waals surface area (Å²) in [5, 5.41) is 19.0. The fourth-order valence-corrected chi connectivity index (χ4v) is 3.18. The van der Waals surface area contributed by atoms with Crippen molar-refractivity contribution in [3.05, 3.63) is 28.3 Å². The number of nitriles is 1. The molecule has 24 heavy (non-hydrogen) atoms. The molecule has 0 aliphatic carbocycles. The third-order valence-corrected chi connectivity index (χ3v) is 4.71. The molecular formula is C15H13ClF3N3O2. The number of aliphatic hydroxyl groups is 1. The smallest absolute Gasteiger partial charge is 0.427 e. The summed E-state index contributed by atoms with van der Waals surface area (Å²) in [4.78, 5) is 5.48. The monoisotopic (exact) mass is 359 g/mol. The number of fused-ring (bicyclic) bond motifs is 1. The molecule has 3 rings (SSSR count). The summed E-state index contributed by atoms with van der Waals surface area (Å²) in [5.74, 6) is 0. The summed E-state index contributed by atoms with van der Waals surface area (Å²) in [6, 6.07) is 3.48. The zero-order chi connectivity index (χ0) is 17.6. The maximum atomic E-state index is 13.2. The van der Waals surface area contributed by atoms with Crippen LogP contribution in [0, 0.1) is 18.3 Å². The van der Waals surface area contributed by atoms with E-state index in [-0.39, 0.29) is 29.6 Å². The van der Waals surface area contributed by atoms with Crippen LogP contribution >= 0.6 is 11.6 Å². The third kappa shape index (κ3) is 2.68. The van der Waals surface area contributed by atoms with Crippen molar-refractivity contribution in [2.45, 2.75) is 37.8 Å². The Hall–Kier alpha value is -1.98. The third-order valence-electron chi connectivity index (χ3n) is 4.23. The molecule has 0 bridgehead atoms. The van der Waals surface area contributed by atoms with E-state index in [9.17, 15) is 18.3 Å². The van der Waals surface area contributed by atoms with Gasteiger partial charge in [0.15, 0.2) is 0 Å². The molecular weight excluding hydrogens is 347 g/mol. The number of alkyl halides is 3. The molecule has 0 radical (unpaired) electrons. The van der Waals surface area contributed by atoms with Crippen LogP contribution in [0.15, 0.2) is 17.1 Å². The summed E-state index contributed by atoms with van der Waals surface area (Å²) in [5.41, 5.74) is 1.05. The SMILES string of the molecule is Cc1c(N=C2OC(C(F)(F)F)[C@@H]3[C@@H](O)CCN23)ccc(C#N)c1Cl. The Morgan fingerprint density at radius 3 is 2.79 bits per heavy atom. The summed E-state index contributed by atoms with van der Waals surface area (Å²) in [6.45, 7) is 1.84. The fraction of sp³-hybridized carbons (Fsp3) is 0.467. The Morgan fingerprint density at radius 2 is 2.17 bits per heavy atom. The summed E-state index contributed by atoms with van der Waals surface area (Å²) >= 11 is 6.05. The van der Waals surface area contributed by atoms with Crippen molar-refractivity contribution < 1.29 is 23.0 Å². The van der Waals surface area contributed by atoms with Crippen molar-refractivity contribution in [3.8, 4) is 6.07 Å². The van der Waals surface area contributed by atoms with E-state index in [0.717, 1.165) is 0 Å². The van der Waals surface area contributed by atoms with Gasteiger partial charge in [0, 0.05) is 6.54 Å². The van der Waals surface area contributed by atoms with Crippen molar-refractivity contribution in [1.29, 1.82) is 5.26 Å². The molecule has 2 heterocycles. The molecule has 0 aromatic heterocycles. The number of aliphatic imine (C=N–C) groups is 1. The number of ether oxygens (including phenoxy) is 1. The first-order valence-corrected chi connectivity index (χ1v) is 7.58. The average Bonchev–Trinajstić information content (AvgIpc) is 3.06. The lowest BCUT2D eigenvalue weighted by atomic mass is 10.1. The van der Waals surface area contributed by atoms with Gasteiger partial charge in [0.05, 0.1) is 22.4 Å². The molecule has 2 aliphatic heterocycles. The Morgan fingerprint density at radius 1 is 1.46 bits per heavy atom. The van der Waals surface area contributed by atoms with Gasteiger partial charge in [0.2, 0.25) is 6.10 Å². The Kier molecular flexibility index (Phi) is 4.10. The quantitative estimate of drug-likeness (QED) is 0.837. The molecule has 5 nitrogen and oxygen atoms in total. The molecule has 3 atom stereocenters. The number of hydrogen-bond acceptors (Lipinski definition) is 4. The van der Waals surface area contributed by atoms with Gasteiger partial charge in [-0.2, -0.15) is 23.4 Å². The van der Waals surface area contributed by atoms with Crippen LogP contribution in [0.3, 0.4) is 0 Å². The van der Waals surface area contributed by atoms with E-state index in [1.807, 2.05) is 6.07 Å². The predicted octanol–water partition coefficient (Wildman–Crippen LogP) is 2.90. The normalized spacial score (nSPS) is 28.0. The number of benzene rings is 1. The maximum absolute atomic E-state index is 13.2. The first-order chi connectivity index (χ1) is 11.2. The topological polar surface area (TPSA) is 68.8 Å². The molecule has 0 amide bonds. The van der Waals surface area contributed by atoms with Gasteiger partial charge >= 0.3 is 6.18 Å². The van der Waals surface area contributed by atoms with Crippen molar-refractivity contribution >= 4 is 23.3 Å². The number of halogens is 4. The van der Waals surface area contributed by atoms with Crippen LogP contribution in [0.4, 0.5) is 18.9 Å². The molecule has 1 N–H and O–H groups in total. The molecule has 2 saturated heterocycles. The van der Waals surface area contributed by atoms with Gasteiger partial charge in [-0.05, 0) is 31.0 Å². The van der Waals surface area contributed by atoms with E-state index in [4.69, 9.17) is 21.6 Å². The van der Waals surface area contributed by atoms with E-state index in [0.29, 0.717) is 11.3 Å².